The summed E-state index contributed by atoms with van der Waals surface area (Å²) in [4.78, 5) is 12.1. The third kappa shape index (κ3) is 4.38. The fourth-order valence-corrected chi connectivity index (χ4v) is 2.44. The van der Waals surface area contributed by atoms with Crippen molar-refractivity contribution in [1.29, 1.82) is 0 Å². The summed E-state index contributed by atoms with van der Waals surface area (Å²) in [6, 6.07) is 15.0. The first kappa shape index (κ1) is 16.6. The zero-order valence-electron chi connectivity index (χ0n) is 14.2. The zero-order valence-corrected chi connectivity index (χ0v) is 14.2. The second-order valence-corrected chi connectivity index (χ2v) is 5.66. The molecule has 3 aromatic rings. The maximum absolute atomic E-state index is 12.1. The first-order valence-electron chi connectivity index (χ1n) is 7.93. The van der Waals surface area contributed by atoms with Crippen molar-refractivity contribution in [3.63, 3.8) is 0 Å². The molecule has 0 spiro atoms. The van der Waals surface area contributed by atoms with E-state index in [0.29, 0.717) is 17.9 Å². The van der Waals surface area contributed by atoms with E-state index in [-0.39, 0.29) is 6.03 Å². The van der Waals surface area contributed by atoms with Gasteiger partial charge in [0.25, 0.3) is 0 Å². The summed E-state index contributed by atoms with van der Waals surface area (Å²) in [5, 5.41) is 9.84. The predicted molar refractivity (Wildman–Crippen MR) is 98.1 cm³/mol. The van der Waals surface area contributed by atoms with E-state index < -0.39 is 0 Å². The van der Waals surface area contributed by atoms with Crippen molar-refractivity contribution in [2.45, 2.75) is 13.5 Å². The molecule has 128 valence electrons. The average molecular weight is 336 g/mol. The molecule has 25 heavy (non-hydrogen) atoms. The van der Waals surface area contributed by atoms with Crippen molar-refractivity contribution in [1.82, 2.24) is 9.78 Å². The third-order valence-corrected chi connectivity index (χ3v) is 3.83. The van der Waals surface area contributed by atoms with Crippen molar-refractivity contribution >= 4 is 17.4 Å². The van der Waals surface area contributed by atoms with Gasteiger partial charge in [0.05, 0.1) is 25.5 Å². The van der Waals surface area contributed by atoms with Gasteiger partial charge >= 0.3 is 6.03 Å². The summed E-state index contributed by atoms with van der Waals surface area (Å²) in [6.07, 6.45) is 3.44. The van der Waals surface area contributed by atoms with E-state index in [9.17, 15) is 4.79 Å². The van der Waals surface area contributed by atoms with Gasteiger partial charge in [0, 0.05) is 11.9 Å². The lowest BCUT2D eigenvalue weighted by Gasteiger charge is -2.07. The smallest absolute Gasteiger partial charge is 0.323 e. The minimum absolute atomic E-state index is 0.319. The van der Waals surface area contributed by atoms with E-state index in [0.717, 1.165) is 5.75 Å². The second kappa shape index (κ2) is 7.53. The molecule has 0 saturated carbocycles. The topological polar surface area (TPSA) is 68.2 Å². The quantitative estimate of drug-likeness (QED) is 0.743. The Morgan fingerprint density at radius 2 is 1.80 bits per heavy atom. The Labute approximate surface area is 146 Å². The SMILES string of the molecule is COc1ccc(NC(=O)Nc2cnn(Cc3ccccc3C)c2)cc1. The fraction of sp³-hybridized carbons (Fsp3) is 0.158. The van der Waals surface area contributed by atoms with Crippen LogP contribution in [-0.4, -0.2) is 22.9 Å². The lowest BCUT2D eigenvalue weighted by Crippen LogP contribution is -2.19. The number of carbonyl (C=O) groups is 1. The van der Waals surface area contributed by atoms with E-state index in [2.05, 4.69) is 34.8 Å². The lowest BCUT2D eigenvalue weighted by molar-refractivity contribution is 0.262. The molecule has 0 bridgehead atoms. The molecule has 0 radical (unpaired) electrons. The van der Waals surface area contributed by atoms with E-state index in [1.165, 1.54) is 11.1 Å². The van der Waals surface area contributed by atoms with E-state index in [1.807, 2.05) is 12.1 Å². The largest absolute Gasteiger partial charge is 0.497 e. The molecule has 2 amide bonds. The molecule has 0 unspecified atom stereocenters. The molecule has 1 heterocycles. The number of ether oxygens (including phenoxy) is 1. The van der Waals surface area contributed by atoms with E-state index in [1.54, 1.807) is 48.5 Å². The standard InChI is InChI=1S/C19H20N4O2/c1-14-5-3-4-6-15(14)12-23-13-17(11-20-23)22-19(24)21-16-7-9-18(25-2)10-8-16/h3-11,13H,12H2,1-2H3,(H2,21,22,24). The van der Waals surface area contributed by atoms with Gasteiger partial charge in [-0.25, -0.2) is 4.79 Å². The fourth-order valence-electron chi connectivity index (χ4n) is 2.44. The van der Waals surface area contributed by atoms with Gasteiger partial charge in [-0.15, -0.1) is 0 Å². The Morgan fingerprint density at radius 1 is 1.08 bits per heavy atom. The van der Waals surface area contributed by atoms with Crippen molar-refractivity contribution in [2.24, 2.45) is 0 Å². The van der Waals surface area contributed by atoms with Gasteiger partial charge in [0.2, 0.25) is 0 Å². The maximum atomic E-state index is 12.1. The molecular weight excluding hydrogens is 316 g/mol. The van der Waals surface area contributed by atoms with Gasteiger partial charge in [0.1, 0.15) is 5.75 Å². The van der Waals surface area contributed by atoms with Crippen LogP contribution in [0.5, 0.6) is 5.75 Å². The summed E-state index contributed by atoms with van der Waals surface area (Å²) in [7, 11) is 1.60. The van der Waals surface area contributed by atoms with Crippen LogP contribution < -0.4 is 15.4 Å². The molecule has 0 atom stereocenters. The van der Waals surface area contributed by atoms with Crippen molar-refractivity contribution in [3.05, 3.63) is 72.1 Å². The molecule has 0 aliphatic carbocycles. The molecule has 0 aliphatic heterocycles. The normalized spacial score (nSPS) is 10.3. The van der Waals surface area contributed by atoms with Crippen LogP contribution in [0.1, 0.15) is 11.1 Å². The number of amides is 2. The van der Waals surface area contributed by atoms with Gasteiger partial charge in [-0.05, 0) is 42.3 Å². The number of carbonyl (C=O) groups excluding carboxylic acids is 1. The summed E-state index contributed by atoms with van der Waals surface area (Å²) in [6.45, 7) is 2.73. The first-order chi connectivity index (χ1) is 12.1. The number of urea groups is 1. The van der Waals surface area contributed by atoms with Gasteiger partial charge in [0.15, 0.2) is 0 Å². The van der Waals surface area contributed by atoms with Gasteiger partial charge in [-0.3, -0.25) is 4.68 Å². The minimum Gasteiger partial charge on any atom is -0.497 e. The summed E-state index contributed by atoms with van der Waals surface area (Å²) < 4.78 is 6.89. The number of anilines is 2. The van der Waals surface area contributed by atoms with Crippen LogP contribution in [0.25, 0.3) is 0 Å². The van der Waals surface area contributed by atoms with Gasteiger partial charge in [-0.1, -0.05) is 24.3 Å². The predicted octanol–water partition coefficient (Wildman–Crippen LogP) is 3.89. The highest BCUT2D eigenvalue weighted by molar-refractivity contribution is 5.99. The van der Waals surface area contributed by atoms with Crippen LogP contribution in [0.15, 0.2) is 60.9 Å². The molecule has 2 aromatic carbocycles. The average Bonchev–Trinajstić information content (AvgIpc) is 3.04. The molecule has 0 fully saturated rings. The van der Waals surface area contributed by atoms with Crippen LogP contribution in [0, 0.1) is 6.92 Å². The van der Waals surface area contributed by atoms with E-state index >= 15 is 0 Å². The van der Waals surface area contributed by atoms with Crippen LogP contribution in [0.2, 0.25) is 0 Å². The summed E-state index contributed by atoms with van der Waals surface area (Å²) in [5.74, 6) is 0.739. The van der Waals surface area contributed by atoms with E-state index in [4.69, 9.17) is 4.74 Å². The molecule has 0 aliphatic rings. The molecule has 6 heteroatoms. The van der Waals surface area contributed by atoms with Crippen LogP contribution in [0.4, 0.5) is 16.2 Å². The van der Waals surface area contributed by atoms with Gasteiger partial charge in [-0.2, -0.15) is 5.10 Å². The number of aryl methyl sites for hydroxylation is 1. The molecular formula is C19H20N4O2. The number of hydrogen-bond donors (Lipinski definition) is 2. The molecule has 2 N–H and O–H groups in total. The lowest BCUT2D eigenvalue weighted by atomic mass is 10.1. The monoisotopic (exact) mass is 336 g/mol. The highest BCUT2D eigenvalue weighted by Crippen LogP contribution is 2.16. The Balaban J connectivity index is 1.58. The number of benzene rings is 2. The number of nitrogens with one attached hydrogen (secondary N) is 2. The van der Waals surface area contributed by atoms with Crippen molar-refractivity contribution < 1.29 is 9.53 Å². The minimum atomic E-state index is -0.319. The maximum Gasteiger partial charge on any atom is 0.323 e. The zero-order chi connectivity index (χ0) is 17.6. The second-order valence-electron chi connectivity index (χ2n) is 5.66. The van der Waals surface area contributed by atoms with Crippen molar-refractivity contribution in [3.8, 4) is 5.75 Å². The molecule has 6 nitrogen and oxygen atoms in total. The van der Waals surface area contributed by atoms with Crippen molar-refractivity contribution in [2.75, 3.05) is 17.7 Å². The summed E-state index contributed by atoms with van der Waals surface area (Å²) in [5.41, 5.74) is 3.73. The van der Waals surface area contributed by atoms with Crippen LogP contribution >= 0.6 is 0 Å². The van der Waals surface area contributed by atoms with Gasteiger partial charge < -0.3 is 15.4 Å². The number of nitrogens with zero attached hydrogens (tertiary/aromatic N) is 2. The number of methoxy groups -OCH3 is 1. The Morgan fingerprint density at radius 3 is 2.52 bits per heavy atom. The Hall–Kier alpha value is -3.28. The molecule has 0 saturated heterocycles. The number of aromatic nitrogens is 2. The molecule has 3 rings (SSSR count). The van der Waals surface area contributed by atoms with Crippen LogP contribution in [0.3, 0.4) is 0 Å². The summed E-state index contributed by atoms with van der Waals surface area (Å²) >= 11 is 0. The number of rotatable bonds is 5. The highest BCUT2D eigenvalue weighted by Gasteiger charge is 2.06. The Bertz CT molecular complexity index is 856. The first-order valence-corrected chi connectivity index (χ1v) is 7.93. The molecule has 1 aromatic heterocycles. The Kier molecular flexibility index (Phi) is 4.99. The highest BCUT2D eigenvalue weighted by atomic mass is 16.5. The number of hydrogen-bond acceptors (Lipinski definition) is 3. The third-order valence-electron chi connectivity index (χ3n) is 3.83. The van der Waals surface area contributed by atoms with Crippen LogP contribution in [-0.2, 0) is 6.54 Å².